The van der Waals surface area contributed by atoms with Gasteiger partial charge in [0.05, 0.1) is 0 Å². The molecule has 0 atom stereocenters. The largest absolute Gasteiger partial charge is 0.333 e. The minimum atomic E-state index is -0.0424. The van der Waals surface area contributed by atoms with Crippen molar-refractivity contribution in [3.8, 4) is 0 Å². The summed E-state index contributed by atoms with van der Waals surface area (Å²) in [7, 11) is 0. The van der Waals surface area contributed by atoms with Gasteiger partial charge in [0.25, 0.3) is 0 Å². The number of carbonyl (C=O) groups excluding carboxylic acids is 1. The van der Waals surface area contributed by atoms with Crippen molar-refractivity contribution in [1.82, 2.24) is 5.32 Å². The number of hydrogen-bond donors (Lipinski definition) is 1. The lowest BCUT2D eigenvalue weighted by Crippen LogP contribution is -2.10. The number of allylic oxidation sites excluding steroid dienone is 3. The van der Waals surface area contributed by atoms with E-state index in [0.29, 0.717) is 5.92 Å². The second-order valence-corrected chi connectivity index (χ2v) is 2.69. The standard InChI is InChI=1S/C9H15NO/c1-8(2)6-4-5-7-10-9(3)11/h4-8H,1-3H3,(H,10,11)/b6-4+,7-5+. The van der Waals surface area contributed by atoms with Crippen LogP contribution in [0.25, 0.3) is 0 Å². The van der Waals surface area contributed by atoms with Crippen LogP contribution in [-0.2, 0) is 4.79 Å². The number of carbonyl (C=O) groups is 1. The van der Waals surface area contributed by atoms with Gasteiger partial charge in [0.2, 0.25) is 5.91 Å². The highest BCUT2D eigenvalue weighted by Gasteiger charge is 1.81. The molecule has 0 bridgehead atoms. The first-order valence-corrected chi connectivity index (χ1v) is 3.73. The summed E-state index contributed by atoms with van der Waals surface area (Å²) in [4.78, 5) is 10.4. The molecule has 0 aromatic heterocycles. The summed E-state index contributed by atoms with van der Waals surface area (Å²) in [6, 6.07) is 0. The second-order valence-electron chi connectivity index (χ2n) is 2.69. The summed E-state index contributed by atoms with van der Waals surface area (Å²) < 4.78 is 0. The summed E-state index contributed by atoms with van der Waals surface area (Å²) in [5.41, 5.74) is 0. The zero-order chi connectivity index (χ0) is 8.69. The summed E-state index contributed by atoms with van der Waals surface area (Å²) in [6.45, 7) is 5.68. The van der Waals surface area contributed by atoms with Gasteiger partial charge < -0.3 is 5.32 Å². The quantitative estimate of drug-likeness (QED) is 0.616. The number of amides is 1. The molecule has 1 N–H and O–H groups in total. The van der Waals surface area contributed by atoms with Crippen LogP contribution in [0.1, 0.15) is 20.8 Å². The molecule has 0 radical (unpaired) electrons. The molecule has 0 saturated carbocycles. The Labute approximate surface area is 68.0 Å². The van der Waals surface area contributed by atoms with Gasteiger partial charge in [-0.15, -0.1) is 0 Å². The Morgan fingerprint density at radius 1 is 1.36 bits per heavy atom. The van der Waals surface area contributed by atoms with Gasteiger partial charge in [-0.3, -0.25) is 4.79 Å². The summed E-state index contributed by atoms with van der Waals surface area (Å²) >= 11 is 0. The predicted molar refractivity (Wildman–Crippen MR) is 46.9 cm³/mol. The summed E-state index contributed by atoms with van der Waals surface area (Å²) in [6.07, 6.45) is 7.40. The molecule has 0 rings (SSSR count). The number of nitrogens with one attached hydrogen (secondary N) is 1. The summed E-state index contributed by atoms with van der Waals surface area (Å²) in [5.74, 6) is 0.510. The molecule has 0 aromatic carbocycles. The van der Waals surface area contributed by atoms with E-state index in [1.807, 2.05) is 6.08 Å². The zero-order valence-electron chi connectivity index (χ0n) is 7.29. The van der Waals surface area contributed by atoms with Gasteiger partial charge in [-0.25, -0.2) is 0 Å². The molecule has 62 valence electrons. The van der Waals surface area contributed by atoms with E-state index < -0.39 is 0 Å². The van der Waals surface area contributed by atoms with E-state index in [1.54, 1.807) is 12.3 Å². The number of hydrogen-bond acceptors (Lipinski definition) is 1. The first-order chi connectivity index (χ1) is 5.13. The van der Waals surface area contributed by atoms with Gasteiger partial charge in [0.15, 0.2) is 0 Å². The van der Waals surface area contributed by atoms with Crippen molar-refractivity contribution in [2.75, 3.05) is 0 Å². The zero-order valence-corrected chi connectivity index (χ0v) is 7.29. The van der Waals surface area contributed by atoms with Crippen molar-refractivity contribution in [2.45, 2.75) is 20.8 Å². The molecule has 1 amide bonds. The first-order valence-electron chi connectivity index (χ1n) is 3.73. The smallest absolute Gasteiger partial charge is 0.220 e. The average Bonchev–Trinajstić information content (AvgIpc) is 1.85. The van der Waals surface area contributed by atoms with Crippen molar-refractivity contribution in [1.29, 1.82) is 0 Å². The third-order valence-electron chi connectivity index (χ3n) is 0.990. The average molecular weight is 153 g/mol. The lowest BCUT2D eigenvalue weighted by molar-refractivity contribution is -0.118. The topological polar surface area (TPSA) is 29.1 Å². The lowest BCUT2D eigenvalue weighted by atomic mass is 10.2. The van der Waals surface area contributed by atoms with Crippen molar-refractivity contribution in [2.24, 2.45) is 5.92 Å². The molecule has 0 aliphatic carbocycles. The molecule has 0 aromatic rings. The van der Waals surface area contributed by atoms with E-state index in [1.165, 1.54) is 6.92 Å². The van der Waals surface area contributed by atoms with Crippen molar-refractivity contribution in [3.05, 3.63) is 24.4 Å². The maximum absolute atomic E-state index is 10.4. The van der Waals surface area contributed by atoms with Crippen LogP contribution in [0.2, 0.25) is 0 Å². The highest BCUT2D eigenvalue weighted by molar-refractivity contribution is 5.73. The van der Waals surface area contributed by atoms with E-state index in [9.17, 15) is 4.79 Å². The van der Waals surface area contributed by atoms with E-state index >= 15 is 0 Å². The van der Waals surface area contributed by atoms with E-state index in [2.05, 4.69) is 25.2 Å². The van der Waals surface area contributed by atoms with Crippen LogP contribution >= 0.6 is 0 Å². The van der Waals surface area contributed by atoms with Gasteiger partial charge >= 0.3 is 0 Å². The minimum absolute atomic E-state index is 0.0424. The maximum Gasteiger partial charge on any atom is 0.220 e. The third kappa shape index (κ3) is 8.95. The summed E-state index contributed by atoms with van der Waals surface area (Å²) in [5, 5.41) is 2.55. The molecule has 0 saturated heterocycles. The minimum Gasteiger partial charge on any atom is -0.333 e. The van der Waals surface area contributed by atoms with E-state index in [4.69, 9.17) is 0 Å². The van der Waals surface area contributed by atoms with Crippen molar-refractivity contribution >= 4 is 5.91 Å². The number of rotatable bonds is 3. The van der Waals surface area contributed by atoms with Crippen molar-refractivity contribution in [3.63, 3.8) is 0 Å². The van der Waals surface area contributed by atoms with Crippen LogP contribution < -0.4 is 5.32 Å². The van der Waals surface area contributed by atoms with Gasteiger partial charge in [0, 0.05) is 13.1 Å². The predicted octanol–water partition coefficient (Wildman–Crippen LogP) is 1.85. The Morgan fingerprint density at radius 2 is 2.00 bits per heavy atom. The fourth-order valence-corrected chi connectivity index (χ4v) is 0.507. The van der Waals surface area contributed by atoms with Gasteiger partial charge in [-0.1, -0.05) is 26.0 Å². The Bertz CT molecular complexity index is 168. The Balaban J connectivity index is 3.52. The normalized spacial score (nSPS) is 11.6. The lowest BCUT2D eigenvalue weighted by Gasteiger charge is -1.90. The SMILES string of the molecule is CC(=O)N/C=C/C=C/C(C)C. The molecule has 11 heavy (non-hydrogen) atoms. The van der Waals surface area contributed by atoms with Crippen LogP contribution in [0.3, 0.4) is 0 Å². The highest BCUT2D eigenvalue weighted by Crippen LogP contribution is 1.92. The van der Waals surface area contributed by atoms with Crippen molar-refractivity contribution < 1.29 is 4.79 Å². The fourth-order valence-electron chi connectivity index (χ4n) is 0.507. The molecular weight excluding hydrogens is 138 g/mol. The van der Waals surface area contributed by atoms with Gasteiger partial charge in [-0.2, -0.15) is 0 Å². The first kappa shape index (κ1) is 9.95. The molecule has 0 unspecified atom stereocenters. The molecule has 0 spiro atoms. The maximum atomic E-state index is 10.4. The van der Waals surface area contributed by atoms with Crippen LogP contribution in [-0.4, -0.2) is 5.91 Å². The Kier molecular flexibility index (Phi) is 5.17. The fraction of sp³-hybridized carbons (Fsp3) is 0.444. The van der Waals surface area contributed by atoms with Crippen LogP contribution in [0.15, 0.2) is 24.4 Å². The monoisotopic (exact) mass is 153 g/mol. The Hall–Kier alpha value is -1.05. The van der Waals surface area contributed by atoms with Crippen LogP contribution in [0.5, 0.6) is 0 Å². The Morgan fingerprint density at radius 3 is 2.45 bits per heavy atom. The molecule has 2 heteroatoms. The molecular formula is C9H15NO. The molecule has 0 heterocycles. The molecule has 2 nitrogen and oxygen atoms in total. The highest BCUT2D eigenvalue weighted by atomic mass is 16.1. The van der Waals surface area contributed by atoms with Crippen LogP contribution in [0, 0.1) is 5.92 Å². The molecule has 0 aliphatic rings. The molecule has 0 fully saturated rings. The van der Waals surface area contributed by atoms with E-state index in [0.717, 1.165) is 0 Å². The van der Waals surface area contributed by atoms with Gasteiger partial charge in [0.1, 0.15) is 0 Å². The second kappa shape index (κ2) is 5.71. The molecule has 0 aliphatic heterocycles. The van der Waals surface area contributed by atoms with Gasteiger partial charge in [-0.05, 0) is 12.0 Å². The van der Waals surface area contributed by atoms with Crippen LogP contribution in [0.4, 0.5) is 0 Å². The van der Waals surface area contributed by atoms with E-state index in [-0.39, 0.29) is 5.91 Å². The third-order valence-corrected chi connectivity index (χ3v) is 0.990.